The van der Waals surface area contributed by atoms with Crippen molar-refractivity contribution in [2.75, 3.05) is 40.5 Å². The Labute approximate surface area is 167 Å². The van der Waals surface area contributed by atoms with E-state index in [4.69, 9.17) is 14.2 Å². The van der Waals surface area contributed by atoms with Crippen molar-refractivity contribution in [2.45, 2.75) is 19.9 Å². The fourth-order valence-corrected chi connectivity index (χ4v) is 3.05. The highest BCUT2D eigenvalue weighted by Crippen LogP contribution is 2.24. The highest BCUT2D eigenvalue weighted by molar-refractivity contribution is 5.77. The number of carbonyl (C=O) groups excluding carboxylic acids is 1. The molecule has 0 aliphatic carbocycles. The Morgan fingerprint density at radius 1 is 0.964 bits per heavy atom. The zero-order valence-corrected chi connectivity index (χ0v) is 17.1. The highest BCUT2D eigenvalue weighted by Gasteiger charge is 2.19. The first kappa shape index (κ1) is 21.6. The molecule has 2 aromatic rings. The second-order valence-electron chi connectivity index (χ2n) is 6.28. The van der Waals surface area contributed by atoms with Gasteiger partial charge in [0.15, 0.2) is 6.61 Å². The van der Waals surface area contributed by atoms with Crippen molar-refractivity contribution < 1.29 is 19.0 Å². The molecule has 0 radical (unpaired) electrons. The van der Waals surface area contributed by atoms with Gasteiger partial charge in [-0.3, -0.25) is 9.69 Å². The summed E-state index contributed by atoms with van der Waals surface area (Å²) in [6.45, 7) is 6.47. The van der Waals surface area contributed by atoms with Crippen LogP contribution >= 0.6 is 0 Å². The van der Waals surface area contributed by atoms with Crippen molar-refractivity contribution in [1.29, 1.82) is 0 Å². The molecule has 1 amide bonds. The molecule has 1 N–H and O–H groups in total. The minimum absolute atomic E-state index is 0.0323. The SMILES string of the molecule is CCN(CC)C(CNC(=O)COc1ccc(OC)cc1)c1cccc(OC)c1. The summed E-state index contributed by atoms with van der Waals surface area (Å²) in [6.07, 6.45) is 0. The van der Waals surface area contributed by atoms with Gasteiger partial charge >= 0.3 is 0 Å². The Bertz CT molecular complexity index is 730. The van der Waals surface area contributed by atoms with E-state index in [0.717, 1.165) is 30.2 Å². The zero-order valence-electron chi connectivity index (χ0n) is 17.1. The quantitative estimate of drug-likeness (QED) is 0.642. The minimum Gasteiger partial charge on any atom is -0.497 e. The number of ether oxygens (including phenoxy) is 3. The lowest BCUT2D eigenvalue weighted by molar-refractivity contribution is -0.123. The van der Waals surface area contributed by atoms with Crippen LogP contribution in [0.5, 0.6) is 17.2 Å². The Balaban J connectivity index is 1.96. The third kappa shape index (κ3) is 6.16. The maximum atomic E-state index is 12.3. The lowest BCUT2D eigenvalue weighted by atomic mass is 10.0. The molecule has 0 saturated carbocycles. The molecule has 0 aliphatic heterocycles. The number of benzene rings is 2. The first-order valence-corrected chi connectivity index (χ1v) is 9.52. The number of likely N-dealkylation sites (N-methyl/N-ethyl adjacent to an activating group) is 1. The van der Waals surface area contributed by atoms with Gasteiger partial charge in [-0.15, -0.1) is 0 Å². The fraction of sp³-hybridized carbons (Fsp3) is 0.409. The molecular weight excluding hydrogens is 356 g/mol. The first-order valence-electron chi connectivity index (χ1n) is 9.52. The Morgan fingerprint density at radius 3 is 2.21 bits per heavy atom. The van der Waals surface area contributed by atoms with Crippen LogP contribution in [0.3, 0.4) is 0 Å². The van der Waals surface area contributed by atoms with Crippen molar-refractivity contribution >= 4 is 5.91 Å². The molecule has 0 saturated heterocycles. The average molecular weight is 386 g/mol. The molecule has 1 atom stereocenters. The van der Waals surface area contributed by atoms with E-state index in [1.54, 1.807) is 38.5 Å². The molecule has 28 heavy (non-hydrogen) atoms. The molecule has 0 fully saturated rings. The Kier molecular flexibility index (Phi) is 8.62. The zero-order chi connectivity index (χ0) is 20.4. The standard InChI is InChI=1S/C22H30N2O4/c1-5-24(6-2)21(17-8-7-9-20(14-17)27-4)15-23-22(25)16-28-19-12-10-18(26-3)11-13-19/h7-14,21H,5-6,15-16H2,1-4H3,(H,23,25). The molecule has 0 aliphatic rings. The van der Waals surface area contributed by atoms with Gasteiger partial charge in [0.1, 0.15) is 17.2 Å². The molecule has 152 valence electrons. The number of hydrogen-bond donors (Lipinski definition) is 1. The van der Waals surface area contributed by atoms with E-state index in [1.165, 1.54) is 0 Å². The van der Waals surface area contributed by atoms with E-state index in [1.807, 2.05) is 18.2 Å². The number of carbonyl (C=O) groups is 1. The van der Waals surface area contributed by atoms with Gasteiger partial charge in [-0.25, -0.2) is 0 Å². The third-order valence-electron chi connectivity index (χ3n) is 4.65. The van der Waals surface area contributed by atoms with E-state index >= 15 is 0 Å². The minimum atomic E-state index is -0.157. The van der Waals surface area contributed by atoms with E-state index in [-0.39, 0.29) is 18.6 Å². The molecule has 0 bridgehead atoms. The summed E-state index contributed by atoms with van der Waals surface area (Å²) in [5, 5.41) is 2.99. The summed E-state index contributed by atoms with van der Waals surface area (Å²) >= 11 is 0. The molecule has 0 aromatic heterocycles. The van der Waals surface area contributed by atoms with Crippen LogP contribution in [0, 0.1) is 0 Å². The van der Waals surface area contributed by atoms with Gasteiger partial charge in [-0.1, -0.05) is 26.0 Å². The predicted molar refractivity (Wildman–Crippen MR) is 110 cm³/mol. The van der Waals surface area contributed by atoms with Gasteiger partial charge in [0.2, 0.25) is 0 Å². The first-order chi connectivity index (χ1) is 13.6. The number of nitrogens with zero attached hydrogens (tertiary/aromatic N) is 1. The van der Waals surface area contributed by atoms with Crippen LogP contribution in [-0.4, -0.2) is 51.3 Å². The topological polar surface area (TPSA) is 60.0 Å². The van der Waals surface area contributed by atoms with E-state index in [0.29, 0.717) is 12.3 Å². The summed E-state index contributed by atoms with van der Waals surface area (Å²) in [5.41, 5.74) is 1.11. The molecule has 1 unspecified atom stereocenters. The molecule has 6 nitrogen and oxygen atoms in total. The Hall–Kier alpha value is -2.73. The van der Waals surface area contributed by atoms with Gasteiger partial charge in [-0.05, 0) is 55.1 Å². The van der Waals surface area contributed by atoms with E-state index < -0.39 is 0 Å². The highest BCUT2D eigenvalue weighted by atomic mass is 16.5. The van der Waals surface area contributed by atoms with Crippen LogP contribution < -0.4 is 19.5 Å². The second kappa shape index (κ2) is 11.2. The van der Waals surface area contributed by atoms with Crippen LogP contribution in [0.2, 0.25) is 0 Å². The fourth-order valence-electron chi connectivity index (χ4n) is 3.05. The third-order valence-corrected chi connectivity index (χ3v) is 4.65. The van der Waals surface area contributed by atoms with E-state index in [9.17, 15) is 4.79 Å². The number of methoxy groups -OCH3 is 2. The van der Waals surface area contributed by atoms with Crippen molar-refractivity contribution in [1.82, 2.24) is 10.2 Å². The number of rotatable bonds is 11. The molecule has 0 spiro atoms. The van der Waals surface area contributed by atoms with Crippen LogP contribution in [-0.2, 0) is 4.79 Å². The number of hydrogen-bond acceptors (Lipinski definition) is 5. The van der Waals surface area contributed by atoms with Crippen molar-refractivity contribution in [2.24, 2.45) is 0 Å². The van der Waals surface area contributed by atoms with Crippen molar-refractivity contribution in [3.63, 3.8) is 0 Å². The lowest BCUT2D eigenvalue weighted by Crippen LogP contribution is -2.39. The molecular formula is C22H30N2O4. The van der Waals surface area contributed by atoms with Crippen LogP contribution in [0.1, 0.15) is 25.5 Å². The normalized spacial score (nSPS) is 11.8. The lowest BCUT2D eigenvalue weighted by Gasteiger charge is -2.30. The van der Waals surface area contributed by atoms with Crippen LogP contribution in [0.15, 0.2) is 48.5 Å². The van der Waals surface area contributed by atoms with E-state index in [2.05, 4.69) is 30.1 Å². The monoisotopic (exact) mass is 386 g/mol. The van der Waals surface area contributed by atoms with Crippen LogP contribution in [0.4, 0.5) is 0 Å². The second-order valence-corrected chi connectivity index (χ2v) is 6.28. The number of amides is 1. The predicted octanol–water partition coefficient (Wildman–Crippen LogP) is 3.28. The maximum Gasteiger partial charge on any atom is 0.258 e. The summed E-state index contributed by atoms with van der Waals surface area (Å²) in [7, 11) is 3.27. The van der Waals surface area contributed by atoms with Crippen molar-refractivity contribution in [3.8, 4) is 17.2 Å². The van der Waals surface area contributed by atoms with Gasteiger partial charge in [0.25, 0.3) is 5.91 Å². The molecule has 2 aromatic carbocycles. The maximum absolute atomic E-state index is 12.3. The van der Waals surface area contributed by atoms with Crippen LogP contribution in [0.25, 0.3) is 0 Å². The smallest absolute Gasteiger partial charge is 0.258 e. The molecule has 6 heteroatoms. The summed E-state index contributed by atoms with van der Waals surface area (Å²) in [6, 6.07) is 15.2. The number of nitrogens with one attached hydrogen (secondary N) is 1. The Morgan fingerprint density at radius 2 is 1.61 bits per heavy atom. The summed E-state index contributed by atoms with van der Waals surface area (Å²) < 4.78 is 16.0. The average Bonchev–Trinajstić information content (AvgIpc) is 2.75. The van der Waals surface area contributed by atoms with Gasteiger partial charge in [0.05, 0.1) is 20.3 Å². The van der Waals surface area contributed by atoms with Gasteiger partial charge < -0.3 is 19.5 Å². The summed E-state index contributed by atoms with van der Waals surface area (Å²) in [4.78, 5) is 14.6. The largest absolute Gasteiger partial charge is 0.497 e. The van der Waals surface area contributed by atoms with Crippen molar-refractivity contribution in [3.05, 3.63) is 54.1 Å². The van der Waals surface area contributed by atoms with Gasteiger partial charge in [0, 0.05) is 6.54 Å². The molecule has 0 heterocycles. The van der Waals surface area contributed by atoms with Gasteiger partial charge in [-0.2, -0.15) is 0 Å². The molecule has 2 rings (SSSR count). The summed E-state index contributed by atoms with van der Waals surface area (Å²) in [5.74, 6) is 2.03.